The minimum atomic E-state index is -0.161. The summed E-state index contributed by atoms with van der Waals surface area (Å²) in [6, 6.07) is 9.49. The number of hydrogen-bond donors (Lipinski definition) is 0. The molecule has 0 N–H and O–H groups in total. The maximum atomic E-state index is 12.7. The summed E-state index contributed by atoms with van der Waals surface area (Å²) in [5.74, 6) is 5.80. The Morgan fingerprint density at radius 1 is 0.946 bits per heavy atom. The lowest BCUT2D eigenvalue weighted by Gasteiger charge is -2.58. The summed E-state index contributed by atoms with van der Waals surface area (Å²) in [5, 5.41) is 0. The summed E-state index contributed by atoms with van der Waals surface area (Å²) in [4.78, 5) is 12.7. The fraction of sp³-hybridized carbons (Fsp3) is 0.743. The maximum absolute atomic E-state index is 12.7. The van der Waals surface area contributed by atoms with Crippen LogP contribution in [0.2, 0.25) is 0 Å². The highest BCUT2D eigenvalue weighted by atomic mass is 16.5. The molecule has 2 heteroatoms. The van der Waals surface area contributed by atoms with E-state index in [1.54, 1.807) is 5.57 Å². The third-order valence-corrected chi connectivity index (χ3v) is 12.3. The number of rotatable bonds is 7. The van der Waals surface area contributed by atoms with Crippen LogP contribution < -0.4 is 0 Å². The second kappa shape index (κ2) is 10.5. The standard InChI is InChI=1S/C35H52O2/c1-23(2)24(3)12-13-25(4)30-16-17-31-29-15-14-27-22-28(37-33(36)26-10-8-7-9-11-26)18-20-34(27,5)32(29)19-21-35(30,31)6/h7-11,14,23-25,28-32H,12-13,15-22H2,1-6H3/t24-,25+,28-,29-,30+,31-,32-,34-,35+/m0/s1. The van der Waals surface area contributed by atoms with Crippen molar-refractivity contribution in [2.24, 2.45) is 52.3 Å². The Labute approximate surface area is 227 Å². The van der Waals surface area contributed by atoms with Crippen LogP contribution in [0.25, 0.3) is 0 Å². The first-order valence-electron chi connectivity index (χ1n) is 15.6. The number of benzene rings is 1. The van der Waals surface area contributed by atoms with Gasteiger partial charge in [-0.1, -0.05) is 84.2 Å². The fourth-order valence-electron chi connectivity index (χ4n) is 9.56. The Hall–Kier alpha value is -1.57. The molecule has 0 aromatic heterocycles. The topological polar surface area (TPSA) is 26.3 Å². The van der Waals surface area contributed by atoms with Crippen LogP contribution in [0, 0.1) is 52.3 Å². The van der Waals surface area contributed by atoms with Gasteiger partial charge in [-0.25, -0.2) is 4.79 Å². The lowest BCUT2D eigenvalue weighted by molar-refractivity contribution is -0.0596. The minimum Gasteiger partial charge on any atom is -0.458 e. The van der Waals surface area contributed by atoms with Crippen molar-refractivity contribution < 1.29 is 9.53 Å². The molecule has 9 atom stereocenters. The molecule has 0 heterocycles. The number of esters is 1. The Kier molecular flexibility index (Phi) is 7.69. The molecule has 4 aliphatic carbocycles. The van der Waals surface area contributed by atoms with Crippen LogP contribution in [0.4, 0.5) is 0 Å². The molecule has 3 fully saturated rings. The van der Waals surface area contributed by atoms with Gasteiger partial charge in [0.05, 0.1) is 5.56 Å². The van der Waals surface area contributed by atoms with Crippen LogP contribution in [-0.4, -0.2) is 12.1 Å². The summed E-state index contributed by atoms with van der Waals surface area (Å²) in [5.41, 5.74) is 3.10. The fourth-order valence-corrected chi connectivity index (χ4v) is 9.56. The van der Waals surface area contributed by atoms with Gasteiger partial charge in [-0.15, -0.1) is 0 Å². The maximum Gasteiger partial charge on any atom is 0.338 e. The molecule has 0 saturated heterocycles. The Bertz CT molecular complexity index is 978. The molecule has 0 radical (unpaired) electrons. The summed E-state index contributed by atoms with van der Waals surface area (Å²) in [6.07, 6.45) is 15.5. The predicted octanol–water partition coefficient (Wildman–Crippen LogP) is 9.50. The first-order chi connectivity index (χ1) is 17.6. The first-order valence-corrected chi connectivity index (χ1v) is 15.6. The van der Waals surface area contributed by atoms with E-state index < -0.39 is 0 Å². The van der Waals surface area contributed by atoms with Crippen LogP contribution in [-0.2, 0) is 4.74 Å². The summed E-state index contributed by atoms with van der Waals surface area (Å²) >= 11 is 0. The molecule has 0 unspecified atom stereocenters. The Morgan fingerprint density at radius 2 is 1.70 bits per heavy atom. The molecular weight excluding hydrogens is 452 g/mol. The molecule has 0 bridgehead atoms. The van der Waals surface area contributed by atoms with Crippen molar-refractivity contribution in [3.8, 4) is 0 Å². The third kappa shape index (κ3) is 4.96. The molecule has 0 amide bonds. The zero-order chi connectivity index (χ0) is 26.4. The molecule has 0 spiro atoms. The second-order valence-corrected chi connectivity index (χ2v) is 14.4. The number of fused-ring (bicyclic) bond motifs is 5. The van der Waals surface area contributed by atoms with Crippen molar-refractivity contribution in [3.05, 3.63) is 47.5 Å². The molecule has 3 saturated carbocycles. The molecular formula is C35H52O2. The van der Waals surface area contributed by atoms with Crippen LogP contribution in [0.1, 0.15) is 116 Å². The third-order valence-electron chi connectivity index (χ3n) is 12.3. The van der Waals surface area contributed by atoms with Gasteiger partial charge in [-0.2, -0.15) is 0 Å². The van der Waals surface area contributed by atoms with Gasteiger partial charge in [0.15, 0.2) is 0 Å². The van der Waals surface area contributed by atoms with Gasteiger partial charge in [0.2, 0.25) is 0 Å². The van der Waals surface area contributed by atoms with Gasteiger partial charge < -0.3 is 4.74 Å². The molecule has 204 valence electrons. The lowest BCUT2D eigenvalue weighted by atomic mass is 9.47. The Balaban J connectivity index is 1.25. The van der Waals surface area contributed by atoms with Gasteiger partial charge in [0.1, 0.15) is 6.10 Å². The summed E-state index contributed by atoms with van der Waals surface area (Å²) < 4.78 is 6.01. The Morgan fingerprint density at radius 3 is 2.43 bits per heavy atom. The monoisotopic (exact) mass is 504 g/mol. The van der Waals surface area contributed by atoms with E-state index in [2.05, 4.69) is 47.6 Å². The predicted molar refractivity (Wildman–Crippen MR) is 153 cm³/mol. The zero-order valence-corrected chi connectivity index (χ0v) is 24.5. The van der Waals surface area contributed by atoms with E-state index in [1.807, 2.05) is 30.3 Å². The highest BCUT2D eigenvalue weighted by molar-refractivity contribution is 5.89. The van der Waals surface area contributed by atoms with Gasteiger partial charge in [-0.3, -0.25) is 0 Å². The van der Waals surface area contributed by atoms with E-state index in [-0.39, 0.29) is 12.1 Å². The van der Waals surface area contributed by atoms with E-state index in [0.29, 0.717) is 16.4 Å². The zero-order valence-electron chi connectivity index (χ0n) is 24.5. The highest BCUT2D eigenvalue weighted by Gasteiger charge is 2.59. The second-order valence-electron chi connectivity index (χ2n) is 14.4. The van der Waals surface area contributed by atoms with E-state index in [0.717, 1.165) is 54.3 Å². The highest BCUT2D eigenvalue weighted by Crippen LogP contribution is 2.67. The van der Waals surface area contributed by atoms with Crippen molar-refractivity contribution in [1.82, 2.24) is 0 Å². The van der Waals surface area contributed by atoms with Crippen LogP contribution in [0.5, 0.6) is 0 Å². The van der Waals surface area contributed by atoms with Crippen molar-refractivity contribution >= 4 is 5.97 Å². The number of hydrogen-bond acceptors (Lipinski definition) is 2. The number of allylic oxidation sites excluding steroid dienone is 1. The molecule has 1 aromatic carbocycles. The molecule has 0 aliphatic heterocycles. The van der Waals surface area contributed by atoms with Crippen molar-refractivity contribution in [2.75, 3.05) is 0 Å². The van der Waals surface area contributed by atoms with Crippen molar-refractivity contribution in [1.29, 1.82) is 0 Å². The van der Waals surface area contributed by atoms with Crippen LogP contribution in [0.15, 0.2) is 42.0 Å². The average molecular weight is 505 g/mol. The number of carbonyl (C=O) groups excluding carboxylic acids is 1. The van der Waals surface area contributed by atoms with E-state index >= 15 is 0 Å². The minimum absolute atomic E-state index is 0.0300. The molecule has 1 aromatic rings. The van der Waals surface area contributed by atoms with Gasteiger partial charge in [0, 0.05) is 6.42 Å². The van der Waals surface area contributed by atoms with E-state index in [1.165, 1.54) is 51.4 Å². The first kappa shape index (κ1) is 27.0. The van der Waals surface area contributed by atoms with Gasteiger partial charge in [0.25, 0.3) is 0 Å². The largest absolute Gasteiger partial charge is 0.458 e. The molecule has 2 nitrogen and oxygen atoms in total. The normalized spacial score (nSPS) is 38.7. The van der Waals surface area contributed by atoms with E-state index in [9.17, 15) is 4.79 Å². The summed E-state index contributed by atoms with van der Waals surface area (Å²) in [7, 11) is 0. The molecule has 4 aliphatic rings. The number of carbonyl (C=O) groups is 1. The quantitative estimate of drug-likeness (QED) is 0.273. The summed E-state index contributed by atoms with van der Waals surface area (Å²) in [6.45, 7) is 15.1. The molecule has 5 rings (SSSR count). The van der Waals surface area contributed by atoms with Crippen LogP contribution >= 0.6 is 0 Å². The van der Waals surface area contributed by atoms with Crippen LogP contribution in [0.3, 0.4) is 0 Å². The average Bonchev–Trinajstić information content (AvgIpc) is 3.25. The lowest BCUT2D eigenvalue weighted by Crippen LogP contribution is -2.51. The van der Waals surface area contributed by atoms with E-state index in [4.69, 9.17) is 4.74 Å². The van der Waals surface area contributed by atoms with Gasteiger partial charge in [-0.05, 0) is 109 Å². The van der Waals surface area contributed by atoms with Crippen molar-refractivity contribution in [2.45, 2.75) is 112 Å². The SMILES string of the molecule is CC(C)[C@@H](C)CC[C@@H](C)[C@H]1CC[C@H]2[C@@H]3CC=C4C[C@@H](OC(=O)c5ccccc5)CC[C@]4(C)[C@H]3CC[C@]12C. The smallest absolute Gasteiger partial charge is 0.338 e. The molecule has 37 heavy (non-hydrogen) atoms. The van der Waals surface area contributed by atoms with Crippen molar-refractivity contribution in [3.63, 3.8) is 0 Å². The van der Waals surface area contributed by atoms with Gasteiger partial charge >= 0.3 is 5.97 Å². The number of ether oxygens (including phenoxy) is 1.